The third-order valence-corrected chi connectivity index (χ3v) is 5.55. The van der Waals surface area contributed by atoms with Crippen LogP contribution in [-0.4, -0.2) is 11.9 Å². The number of primary amides is 1. The Morgan fingerprint density at radius 1 is 0.931 bits per heavy atom. The van der Waals surface area contributed by atoms with Crippen molar-refractivity contribution in [2.45, 2.75) is 22.3 Å². The third kappa shape index (κ3) is 6.01. The largest absolute Gasteiger partial charge is 0.352 e. The van der Waals surface area contributed by atoms with Crippen molar-refractivity contribution in [3.05, 3.63) is 89.4 Å². The molecule has 0 bridgehead atoms. The molecule has 0 aliphatic rings. The van der Waals surface area contributed by atoms with Crippen LogP contribution in [0.2, 0.25) is 5.02 Å². The van der Waals surface area contributed by atoms with Crippen LogP contribution in [0.3, 0.4) is 0 Å². The van der Waals surface area contributed by atoms with E-state index in [2.05, 4.69) is 10.6 Å². The minimum Gasteiger partial charge on any atom is -0.352 e. The van der Waals surface area contributed by atoms with Gasteiger partial charge < -0.3 is 16.4 Å². The average Bonchev–Trinajstić information content (AvgIpc) is 2.70. The number of para-hydroxylation sites is 1. The van der Waals surface area contributed by atoms with Gasteiger partial charge in [0, 0.05) is 14.8 Å². The molecule has 4 N–H and O–H groups in total. The maximum atomic E-state index is 12.7. The number of nitrogens with one attached hydrogen (secondary N) is 2. The quantitative estimate of drug-likeness (QED) is 0.484. The maximum Gasteiger partial charge on any atom is 0.312 e. The Balaban J connectivity index is 1.75. The van der Waals surface area contributed by atoms with Gasteiger partial charge in [0.2, 0.25) is 5.91 Å². The number of hydrogen-bond donors (Lipinski definition) is 3. The van der Waals surface area contributed by atoms with Gasteiger partial charge in [0.15, 0.2) is 0 Å². The first-order valence-corrected chi connectivity index (χ1v) is 10.1. The van der Waals surface area contributed by atoms with Crippen molar-refractivity contribution < 1.29 is 9.59 Å². The smallest absolute Gasteiger partial charge is 0.312 e. The molecule has 148 valence electrons. The van der Waals surface area contributed by atoms with Crippen LogP contribution >= 0.6 is 23.4 Å². The molecule has 0 fully saturated rings. The second kappa shape index (κ2) is 10.0. The molecular weight excluding hydrogens is 406 g/mol. The van der Waals surface area contributed by atoms with E-state index in [0.717, 1.165) is 9.79 Å². The SMILES string of the molecule is NC(=O)NC(CC(=O)Nc1ccccc1Sc1ccccc1)c1ccccc1Cl. The molecule has 3 aromatic rings. The summed E-state index contributed by atoms with van der Waals surface area (Å²) in [5, 5.41) is 5.98. The number of halogens is 1. The summed E-state index contributed by atoms with van der Waals surface area (Å²) < 4.78 is 0. The summed E-state index contributed by atoms with van der Waals surface area (Å²) in [6, 6.07) is 23.2. The lowest BCUT2D eigenvalue weighted by molar-refractivity contribution is -0.116. The molecule has 5 nitrogen and oxygen atoms in total. The average molecular weight is 426 g/mol. The van der Waals surface area contributed by atoms with E-state index in [1.807, 2.05) is 54.6 Å². The second-order valence-electron chi connectivity index (χ2n) is 6.25. The van der Waals surface area contributed by atoms with Gasteiger partial charge in [0.25, 0.3) is 0 Å². The molecule has 0 saturated carbocycles. The van der Waals surface area contributed by atoms with Crippen molar-refractivity contribution in [3.8, 4) is 0 Å². The molecule has 0 saturated heterocycles. The Bertz CT molecular complexity index is 998. The van der Waals surface area contributed by atoms with E-state index in [1.165, 1.54) is 0 Å². The highest BCUT2D eigenvalue weighted by atomic mass is 35.5. The lowest BCUT2D eigenvalue weighted by atomic mass is 10.0. The van der Waals surface area contributed by atoms with E-state index in [0.29, 0.717) is 16.3 Å². The van der Waals surface area contributed by atoms with E-state index in [4.69, 9.17) is 17.3 Å². The van der Waals surface area contributed by atoms with Crippen molar-refractivity contribution in [2.24, 2.45) is 5.73 Å². The summed E-state index contributed by atoms with van der Waals surface area (Å²) in [6.07, 6.45) is -0.00297. The molecule has 3 amide bonds. The summed E-state index contributed by atoms with van der Waals surface area (Å²) in [5.74, 6) is -0.259. The van der Waals surface area contributed by atoms with Gasteiger partial charge in [-0.15, -0.1) is 0 Å². The maximum absolute atomic E-state index is 12.7. The van der Waals surface area contributed by atoms with E-state index >= 15 is 0 Å². The van der Waals surface area contributed by atoms with Gasteiger partial charge in [-0.25, -0.2) is 4.79 Å². The lowest BCUT2D eigenvalue weighted by Gasteiger charge is -2.19. The number of urea groups is 1. The van der Waals surface area contributed by atoms with Crippen molar-refractivity contribution in [3.63, 3.8) is 0 Å². The van der Waals surface area contributed by atoms with Crippen molar-refractivity contribution >= 4 is 41.0 Å². The highest BCUT2D eigenvalue weighted by Crippen LogP contribution is 2.33. The number of carbonyl (C=O) groups is 2. The zero-order valence-electron chi connectivity index (χ0n) is 15.5. The van der Waals surface area contributed by atoms with Crippen LogP contribution < -0.4 is 16.4 Å². The zero-order valence-corrected chi connectivity index (χ0v) is 17.0. The van der Waals surface area contributed by atoms with Crippen LogP contribution in [-0.2, 0) is 4.79 Å². The van der Waals surface area contributed by atoms with Gasteiger partial charge in [-0.2, -0.15) is 0 Å². The fraction of sp³-hybridized carbons (Fsp3) is 0.0909. The fourth-order valence-electron chi connectivity index (χ4n) is 2.83. The van der Waals surface area contributed by atoms with Gasteiger partial charge >= 0.3 is 6.03 Å². The lowest BCUT2D eigenvalue weighted by Crippen LogP contribution is -2.35. The second-order valence-corrected chi connectivity index (χ2v) is 7.77. The Morgan fingerprint density at radius 3 is 2.31 bits per heavy atom. The van der Waals surface area contributed by atoms with Crippen LogP contribution in [0, 0.1) is 0 Å². The molecule has 3 rings (SSSR count). The summed E-state index contributed by atoms with van der Waals surface area (Å²) in [5.41, 5.74) is 6.62. The molecule has 0 aromatic heterocycles. The number of anilines is 1. The molecule has 0 spiro atoms. The molecule has 29 heavy (non-hydrogen) atoms. The first-order chi connectivity index (χ1) is 14.0. The minimum absolute atomic E-state index is 0.00297. The Labute approximate surface area is 178 Å². The van der Waals surface area contributed by atoms with Gasteiger partial charge in [0.1, 0.15) is 0 Å². The van der Waals surface area contributed by atoms with E-state index in [9.17, 15) is 9.59 Å². The number of benzene rings is 3. The standard InChI is InChI=1S/C22H20ClN3O2S/c23-17-11-5-4-10-16(17)19(26-22(24)28)14-21(27)25-18-12-6-7-13-20(18)29-15-8-2-1-3-9-15/h1-13,19H,14H2,(H,25,27)(H3,24,26,28). The summed E-state index contributed by atoms with van der Waals surface area (Å²) in [7, 11) is 0. The molecule has 0 heterocycles. The van der Waals surface area contributed by atoms with Crippen molar-refractivity contribution in [2.75, 3.05) is 5.32 Å². The third-order valence-electron chi connectivity index (χ3n) is 4.12. The van der Waals surface area contributed by atoms with Gasteiger partial charge in [0.05, 0.1) is 18.2 Å². The molecule has 1 unspecified atom stereocenters. The van der Waals surface area contributed by atoms with E-state index in [-0.39, 0.29) is 12.3 Å². The fourth-order valence-corrected chi connectivity index (χ4v) is 4.02. The molecule has 0 radical (unpaired) electrons. The van der Waals surface area contributed by atoms with Crippen molar-refractivity contribution in [1.29, 1.82) is 0 Å². The number of hydrogen-bond acceptors (Lipinski definition) is 3. The first-order valence-electron chi connectivity index (χ1n) is 8.95. The number of rotatable bonds is 7. The number of carbonyl (C=O) groups excluding carboxylic acids is 2. The monoisotopic (exact) mass is 425 g/mol. The Kier molecular flexibility index (Phi) is 7.16. The summed E-state index contributed by atoms with van der Waals surface area (Å²) in [6.45, 7) is 0. The normalized spacial score (nSPS) is 11.5. The molecule has 1 atom stereocenters. The molecule has 7 heteroatoms. The predicted molar refractivity (Wildman–Crippen MR) is 117 cm³/mol. The number of nitrogens with two attached hydrogens (primary N) is 1. The molecular formula is C22H20ClN3O2S. The van der Waals surface area contributed by atoms with Crippen LogP contribution in [0.1, 0.15) is 18.0 Å². The number of amides is 3. The molecule has 0 aliphatic carbocycles. The summed E-state index contributed by atoms with van der Waals surface area (Å²) in [4.78, 5) is 26.2. The van der Waals surface area contributed by atoms with E-state index in [1.54, 1.807) is 36.0 Å². The van der Waals surface area contributed by atoms with Crippen molar-refractivity contribution in [1.82, 2.24) is 5.32 Å². The van der Waals surface area contributed by atoms with Crippen LogP contribution in [0.15, 0.2) is 88.7 Å². The van der Waals surface area contributed by atoms with Gasteiger partial charge in [-0.05, 0) is 35.9 Å². The zero-order chi connectivity index (χ0) is 20.6. The predicted octanol–water partition coefficient (Wildman–Crippen LogP) is 5.23. The first kappa shape index (κ1) is 20.8. The van der Waals surface area contributed by atoms with Gasteiger partial charge in [-0.3, -0.25) is 4.79 Å². The molecule has 3 aromatic carbocycles. The van der Waals surface area contributed by atoms with E-state index < -0.39 is 12.1 Å². The Morgan fingerprint density at radius 2 is 1.59 bits per heavy atom. The highest BCUT2D eigenvalue weighted by molar-refractivity contribution is 7.99. The molecule has 0 aliphatic heterocycles. The van der Waals surface area contributed by atoms with Crippen LogP contribution in [0.4, 0.5) is 10.5 Å². The van der Waals surface area contributed by atoms with Crippen LogP contribution in [0.25, 0.3) is 0 Å². The summed E-state index contributed by atoms with van der Waals surface area (Å²) >= 11 is 7.79. The minimum atomic E-state index is -0.720. The highest BCUT2D eigenvalue weighted by Gasteiger charge is 2.20. The van der Waals surface area contributed by atoms with Gasteiger partial charge in [-0.1, -0.05) is 71.9 Å². The Hall–Kier alpha value is -2.96. The van der Waals surface area contributed by atoms with Crippen LogP contribution in [0.5, 0.6) is 0 Å². The topological polar surface area (TPSA) is 84.2 Å².